The van der Waals surface area contributed by atoms with Gasteiger partial charge in [-0.3, -0.25) is 0 Å². The summed E-state index contributed by atoms with van der Waals surface area (Å²) in [6.45, 7) is 10.9. The molecule has 1 atom stereocenters. The zero-order valence-corrected chi connectivity index (χ0v) is 17.6. The Morgan fingerprint density at radius 1 is 0.964 bits per heavy atom. The first-order valence-electron chi connectivity index (χ1n) is 9.24. The molecule has 0 aliphatic carbocycles. The van der Waals surface area contributed by atoms with Crippen molar-refractivity contribution >= 4 is 17.4 Å². The highest BCUT2D eigenvalue weighted by Crippen LogP contribution is 2.50. The summed E-state index contributed by atoms with van der Waals surface area (Å²) in [5.74, 6) is 0.143. The molecule has 0 fully saturated rings. The zero-order chi connectivity index (χ0) is 20.9. The maximum absolute atomic E-state index is 13.0. The standard InChI is InChI=1S/C22H26F3NOS/c1-20(2,3)12-21(4,5)13-6-8-17(27)15(10-13)19-26-16-11-14(22(23,24)25)7-9-18(16)28-19/h6-11,19,26-27H,12H2,1-5H3. The van der Waals surface area contributed by atoms with E-state index in [1.54, 1.807) is 6.07 Å². The average Bonchev–Trinajstić information content (AvgIpc) is 2.94. The largest absolute Gasteiger partial charge is 0.508 e. The number of anilines is 1. The van der Waals surface area contributed by atoms with Gasteiger partial charge in [-0.1, -0.05) is 52.4 Å². The van der Waals surface area contributed by atoms with Crippen molar-refractivity contribution in [3.05, 3.63) is 53.1 Å². The Kier molecular flexibility index (Phi) is 5.15. The van der Waals surface area contributed by atoms with Crippen molar-refractivity contribution in [1.82, 2.24) is 0 Å². The SMILES string of the molecule is CC(C)(C)CC(C)(C)c1ccc(O)c(C2Nc3cc(C(F)(F)F)ccc3S2)c1. The summed E-state index contributed by atoms with van der Waals surface area (Å²) in [4.78, 5) is 0.747. The summed E-state index contributed by atoms with van der Waals surface area (Å²) < 4.78 is 39.0. The summed E-state index contributed by atoms with van der Waals surface area (Å²) in [6.07, 6.45) is -3.41. The van der Waals surface area contributed by atoms with Crippen LogP contribution in [0.3, 0.4) is 0 Å². The van der Waals surface area contributed by atoms with Gasteiger partial charge in [-0.2, -0.15) is 13.2 Å². The third-order valence-corrected chi connectivity index (χ3v) is 6.12. The summed E-state index contributed by atoms with van der Waals surface area (Å²) in [5, 5.41) is 13.2. The van der Waals surface area contributed by atoms with Crippen molar-refractivity contribution in [3.63, 3.8) is 0 Å². The minimum Gasteiger partial charge on any atom is -0.508 e. The number of hydrogen-bond acceptors (Lipinski definition) is 3. The number of aromatic hydroxyl groups is 1. The van der Waals surface area contributed by atoms with Crippen molar-refractivity contribution in [2.24, 2.45) is 5.41 Å². The minimum absolute atomic E-state index is 0.0969. The second-order valence-corrected chi connectivity index (χ2v) is 10.4. The molecule has 0 radical (unpaired) electrons. The first-order chi connectivity index (χ1) is 12.8. The van der Waals surface area contributed by atoms with E-state index >= 15 is 0 Å². The predicted molar refractivity (Wildman–Crippen MR) is 109 cm³/mol. The molecule has 0 spiro atoms. The third-order valence-electron chi connectivity index (χ3n) is 4.90. The van der Waals surface area contributed by atoms with E-state index in [0.29, 0.717) is 11.3 Å². The van der Waals surface area contributed by atoms with Gasteiger partial charge in [-0.05, 0) is 53.1 Å². The third kappa shape index (κ3) is 4.43. The van der Waals surface area contributed by atoms with E-state index in [1.165, 1.54) is 17.8 Å². The normalized spacial score (nSPS) is 17.4. The van der Waals surface area contributed by atoms with Gasteiger partial charge in [-0.15, -0.1) is 0 Å². The second-order valence-electron chi connectivity index (χ2n) is 9.25. The van der Waals surface area contributed by atoms with Gasteiger partial charge in [0.05, 0.1) is 5.56 Å². The molecule has 2 aromatic carbocycles. The van der Waals surface area contributed by atoms with Crippen LogP contribution in [0, 0.1) is 5.41 Å². The Morgan fingerprint density at radius 3 is 2.21 bits per heavy atom. The van der Waals surface area contributed by atoms with E-state index in [9.17, 15) is 18.3 Å². The highest BCUT2D eigenvalue weighted by Gasteiger charge is 2.34. The Labute approximate surface area is 168 Å². The van der Waals surface area contributed by atoms with Crippen LogP contribution in [-0.4, -0.2) is 5.11 Å². The van der Waals surface area contributed by atoms with E-state index in [-0.39, 0.29) is 22.0 Å². The van der Waals surface area contributed by atoms with Crippen LogP contribution < -0.4 is 5.32 Å². The monoisotopic (exact) mass is 409 g/mol. The summed E-state index contributed by atoms with van der Waals surface area (Å²) in [5.41, 5.74) is 1.61. The van der Waals surface area contributed by atoms with Crippen molar-refractivity contribution in [3.8, 4) is 5.75 Å². The lowest BCUT2D eigenvalue weighted by Gasteiger charge is -2.33. The van der Waals surface area contributed by atoms with E-state index < -0.39 is 11.7 Å². The molecule has 0 bridgehead atoms. The highest BCUT2D eigenvalue weighted by molar-refractivity contribution is 8.00. The molecule has 3 rings (SSSR count). The lowest BCUT2D eigenvalue weighted by molar-refractivity contribution is -0.137. The number of phenols is 1. The molecule has 0 saturated heterocycles. The second kappa shape index (κ2) is 6.90. The van der Waals surface area contributed by atoms with E-state index in [1.807, 2.05) is 12.1 Å². The van der Waals surface area contributed by atoms with Crippen LogP contribution in [-0.2, 0) is 11.6 Å². The van der Waals surface area contributed by atoms with Crippen LogP contribution in [0.25, 0.3) is 0 Å². The highest BCUT2D eigenvalue weighted by atomic mass is 32.2. The number of thioether (sulfide) groups is 1. The lowest BCUT2D eigenvalue weighted by atomic mass is 9.72. The molecule has 0 aromatic heterocycles. The molecule has 1 heterocycles. The van der Waals surface area contributed by atoms with Crippen LogP contribution >= 0.6 is 11.8 Å². The van der Waals surface area contributed by atoms with Gasteiger partial charge in [0.2, 0.25) is 0 Å². The van der Waals surface area contributed by atoms with Crippen LogP contribution in [0.4, 0.5) is 18.9 Å². The Morgan fingerprint density at radius 2 is 1.61 bits per heavy atom. The summed E-state index contributed by atoms with van der Waals surface area (Å²) >= 11 is 1.42. The van der Waals surface area contributed by atoms with E-state index in [2.05, 4.69) is 39.9 Å². The number of hydrogen-bond donors (Lipinski definition) is 2. The van der Waals surface area contributed by atoms with E-state index in [0.717, 1.165) is 29.0 Å². The maximum atomic E-state index is 13.0. The molecular formula is C22H26F3NOS. The number of alkyl halides is 3. The number of benzene rings is 2. The molecule has 0 saturated carbocycles. The van der Waals surface area contributed by atoms with Gasteiger partial charge in [0.1, 0.15) is 11.1 Å². The molecule has 28 heavy (non-hydrogen) atoms. The van der Waals surface area contributed by atoms with Gasteiger partial charge in [-0.25, -0.2) is 0 Å². The molecule has 1 unspecified atom stereocenters. The van der Waals surface area contributed by atoms with Crippen LogP contribution in [0.5, 0.6) is 5.75 Å². The van der Waals surface area contributed by atoms with Gasteiger partial charge < -0.3 is 10.4 Å². The molecule has 0 amide bonds. The fourth-order valence-electron chi connectivity index (χ4n) is 3.97. The fourth-order valence-corrected chi connectivity index (χ4v) is 5.12. The molecule has 1 aliphatic heterocycles. The zero-order valence-electron chi connectivity index (χ0n) is 16.7. The molecule has 6 heteroatoms. The molecule has 2 nitrogen and oxygen atoms in total. The van der Waals surface area contributed by atoms with Gasteiger partial charge in [0.15, 0.2) is 0 Å². The van der Waals surface area contributed by atoms with Crippen molar-refractivity contribution in [1.29, 1.82) is 0 Å². The molecule has 2 N–H and O–H groups in total. The lowest BCUT2D eigenvalue weighted by Crippen LogP contribution is -2.25. The van der Waals surface area contributed by atoms with Gasteiger partial charge in [0.25, 0.3) is 0 Å². The molecule has 2 aromatic rings. The maximum Gasteiger partial charge on any atom is 0.416 e. The number of fused-ring (bicyclic) bond motifs is 1. The fraction of sp³-hybridized carbons (Fsp3) is 0.455. The smallest absolute Gasteiger partial charge is 0.416 e. The average molecular weight is 410 g/mol. The molecular weight excluding hydrogens is 383 g/mol. The molecule has 152 valence electrons. The number of halogens is 3. The Balaban J connectivity index is 1.90. The van der Waals surface area contributed by atoms with Crippen molar-refractivity contribution in [2.45, 2.75) is 62.9 Å². The topological polar surface area (TPSA) is 32.3 Å². The Bertz CT molecular complexity index is 884. The summed E-state index contributed by atoms with van der Waals surface area (Å²) in [7, 11) is 0. The van der Waals surface area contributed by atoms with Gasteiger partial charge >= 0.3 is 6.18 Å². The van der Waals surface area contributed by atoms with Crippen LogP contribution in [0.15, 0.2) is 41.3 Å². The number of rotatable bonds is 3. The number of nitrogens with one attached hydrogen (secondary N) is 1. The first kappa shape index (κ1) is 20.9. The van der Waals surface area contributed by atoms with Crippen molar-refractivity contribution in [2.75, 3.05) is 5.32 Å². The van der Waals surface area contributed by atoms with Crippen molar-refractivity contribution < 1.29 is 18.3 Å². The molecule has 1 aliphatic rings. The minimum atomic E-state index is -4.38. The van der Waals surface area contributed by atoms with Crippen LogP contribution in [0.2, 0.25) is 0 Å². The predicted octanol–water partition coefficient (Wildman–Crippen LogP) is 7.34. The quantitative estimate of drug-likeness (QED) is 0.556. The summed E-state index contributed by atoms with van der Waals surface area (Å²) in [6, 6.07) is 9.30. The first-order valence-corrected chi connectivity index (χ1v) is 10.1. The Hall–Kier alpha value is -1.82. The number of phenolic OH excluding ortho intramolecular Hbond substituents is 1. The van der Waals surface area contributed by atoms with E-state index in [4.69, 9.17) is 0 Å². The van der Waals surface area contributed by atoms with Gasteiger partial charge in [0, 0.05) is 16.1 Å². The van der Waals surface area contributed by atoms with Crippen LogP contribution in [0.1, 0.15) is 63.1 Å².